The Labute approximate surface area is 137 Å². The van der Waals surface area contributed by atoms with Crippen molar-refractivity contribution in [3.05, 3.63) is 59.1 Å². The molecule has 7 heteroatoms. The van der Waals surface area contributed by atoms with Crippen LogP contribution in [0.3, 0.4) is 0 Å². The summed E-state index contributed by atoms with van der Waals surface area (Å²) in [4.78, 5) is 14.0. The molecule has 1 N–H and O–H groups in total. The van der Waals surface area contributed by atoms with Crippen LogP contribution in [0.15, 0.2) is 30.6 Å². The van der Waals surface area contributed by atoms with E-state index in [1.807, 2.05) is 19.9 Å². The maximum Gasteiger partial charge on any atom is 0.257 e. The number of nitrogens with zero attached hydrogens (tertiary/aromatic N) is 3. The molecule has 24 heavy (non-hydrogen) atoms. The van der Waals surface area contributed by atoms with Crippen molar-refractivity contribution in [1.29, 1.82) is 5.26 Å². The lowest BCUT2D eigenvalue weighted by Crippen LogP contribution is -2.36. The van der Waals surface area contributed by atoms with E-state index in [-0.39, 0.29) is 17.7 Å². The first-order valence-electron chi connectivity index (χ1n) is 7.25. The highest BCUT2D eigenvalue weighted by atomic mass is 19.2. The second-order valence-corrected chi connectivity index (χ2v) is 6.26. The summed E-state index contributed by atoms with van der Waals surface area (Å²) in [7, 11) is 0. The number of allylic oxidation sites excluding steroid dienone is 1. The number of amides is 1. The Morgan fingerprint density at radius 3 is 2.79 bits per heavy atom. The van der Waals surface area contributed by atoms with Gasteiger partial charge in [-0.25, -0.2) is 8.78 Å². The SMILES string of the molecule is CC1(C)CN(C(=O)c2ccc(F)c(F)c2)C=C(C#N)c2[nH]ncc21. The molecule has 1 aliphatic rings. The Hall–Kier alpha value is -3.01. The van der Waals surface area contributed by atoms with Gasteiger partial charge in [-0.1, -0.05) is 13.8 Å². The van der Waals surface area contributed by atoms with Crippen LogP contribution in [-0.4, -0.2) is 27.5 Å². The standard InChI is InChI=1S/C17H14F2N4O/c1-17(2)9-23(8-11(6-20)15-12(17)7-21-22-15)16(24)10-3-4-13(18)14(19)5-10/h3-5,7-8H,9H2,1-2H3,(H,21,22). The number of carbonyl (C=O) groups excluding carboxylic acids is 1. The number of nitrogens with one attached hydrogen (secondary N) is 1. The van der Waals surface area contributed by atoms with E-state index in [1.165, 1.54) is 17.2 Å². The van der Waals surface area contributed by atoms with Gasteiger partial charge in [-0.05, 0) is 18.2 Å². The second-order valence-electron chi connectivity index (χ2n) is 6.26. The normalized spacial score (nSPS) is 16.0. The first-order chi connectivity index (χ1) is 11.3. The van der Waals surface area contributed by atoms with Crippen LogP contribution in [0.2, 0.25) is 0 Å². The fourth-order valence-corrected chi connectivity index (χ4v) is 2.79. The molecule has 1 amide bonds. The Balaban J connectivity index is 2.05. The maximum atomic E-state index is 13.4. The van der Waals surface area contributed by atoms with Crippen molar-refractivity contribution in [2.75, 3.05) is 6.54 Å². The first kappa shape index (κ1) is 15.9. The molecule has 0 fully saturated rings. The predicted octanol–water partition coefficient (Wildman–Crippen LogP) is 2.99. The molecule has 2 heterocycles. The minimum atomic E-state index is -1.09. The summed E-state index contributed by atoms with van der Waals surface area (Å²) in [5.74, 6) is -2.61. The summed E-state index contributed by atoms with van der Waals surface area (Å²) in [6.07, 6.45) is 3.04. The summed E-state index contributed by atoms with van der Waals surface area (Å²) in [6.45, 7) is 4.10. The lowest BCUT2D eigenvalue weighted by molar-refractivity contribution is 0.0800. The number of hydrogen-bond donors (Lipinski definition) is 1. The monoisotopic (exact) mass is 328 g/mol. The summed E-state index contributed by atoms with van der Waals surface area (Å²) in [5, 5.41) is 16.1. The number of aromatic nitrogens is 2. The fourth-order valence-electron chi connectivity index (χ4n) is 2.79. The molecule has 1 aromatic heterocycles. The van der Waals surface area contributed by atoms with Crippen molar-refractivity contribution in [1.82, 2.24) is 15.1 Å². The molecule has 1 aliphatic heterocycles. The van der Waals surface area contributed by atoms with Gasteiger partial charge in [0.05, 0.1) is 17.5 Å². The van der Waals surface area contributed by atoms with Crippen LogP contribution in [0.1, 0.15) is 35.5 Å². The van der Waals surface area contributed by atoms with Gasteiger partial charge in [-0.15, -0.1) is 0 Å². The van der Waals surface area contributed by atoms with Gasteiger partial charge in [0.15, 0.2) is 11.6 Å². The van der Waals surface area contributed by atoms with Crippen molar-refractivity contribution in [2.24, 2.45) is 0 Å². The average molecular weight is 328 g/mol. The van der Waals surface area contributed by atoms with E-state index < -0.39 is 23.0 Å². The molecule has 0 saturated heterocycles. The largest absolute Gasteiger partial charge is 0.313 e. The van der Waals surface area contributed by atoms with Gasteiger partial charge in [0.25, 0.3) is 5.91 Å². The molecule has 3 rings (SSSR count). The van der Waals surface area contributed by atoms with Gasteiger partial charge in [-0.3, -0.25) is 9.89 Å². The van der Waals surface area contributed by atoms with E-state index in [2.05, 4.69) is 10.2 Å². The Morgan fingerprint density at radius 1 is 1.38 bits per heavy atom. The molecule has 0 bridgehead atoms. The number of halogens is 2. The third kappa shape index (κ3) is 2.56. The number of H-pyrrole nitrogens is 1. The minimum Gasteiger partial charge on any atom is -0.313 e. The Bertz CT molecular complexity index is 892. The van der Waals surface area contributed by atoms with Crippen LogP contribution in [0, 0.1) is 23.0 Å². The van der Waals surface area contributed by atoms with Crippen molar-refractivity contribution < 1.29 is 13.6 Å². The minimum absolute atomic E-state index is 0.0157. The topological polar surface area (TPSA) is 72.8 Å². The smallest absolute Gasteiger partial charge is 0.257 e. The lowest BCUT2D eigenvalue weighted by atomic mass is 9.84. The van der Waals surface area contributed by atoms with Crippen LogP contribution in [0.4, 0.5) is 8.78 Å². The van der Waals surface area contributed by atoms with Crippen molar-refractivity contribution >= 4 is 11.5 Å². The number of nitriles is 1. The van der Waals surface area contributed by atoms with Crippen LogP contribution >= 0.6 is 0 Å². The van der Waals surface area contributed by atoms with E-state index in [0.717, 1.165) is 17.7 Å². The van der Waals surface area contributed by atoms with Crippen LogP contribution in [0.25, 0.3) is 5.57 Å². The quantitative estimate of drug-likeness (QED) is 0.874. The third-order valence-corrected chi connectivity index (χ3v) is 4.04. The molecular weight excluding hydrogens is 314 g/mol. The molecule has 0 spiro atoms. The van der Waals surface area contributed by atoms with Crippen LogP contribution in [0.5, 0.6) is 0 Å². The summed E-state index contributed by atoms with van der Waals surface area (Å²) in [5.41, 5.74) is 1.16. The molecular formula is C17H14F2N4O. The van der Waals surface area contributed by atoms with Crippen molar-refractivity contribution in [2.45, 2.75) is 19.3 Å². The molecule has 0 saturated carbocycles. The Kier molecular flexibility index (Phi) is 3.68. The molecule has 0 aliphatic carbocycles. The van der Waals surface area contributed by atoms with Gasteiger partial charge < -0.3 is 4.90 Å². The Morgan fingerprint density at radius 2 is 2.12 bits per heavy atom. The first-order valence-corrected chi connectivity index (χ1v) is 7.25. The summed E-state index contributed by atoms with van der Waals surface area (Å²) >= 11 is 0. The number of rotatable bonds is 1. The van der Waals surface area contributed by atoms with Gasteiger partial charge >= 0.3 is 0 Å². The fraction of sp³-hybridized carbons (Fsp3) is 0.235. The number of aromatic amines is 1. The maximum absolute atomic E-state index is 13.4. The van der Waals surface area contributed by atoms with Gasteiger partial charge in [0.2, 0.25) is 0 Å². The summed E-state index contributed by atoms with van der Waals surface area (Å²) < 4.78 is 26.5. The number of fused-ring (bicyclic) bond motifs is 1. The summed E-state index contributed by atoms with van der Waals surface area (Å²) in [6, 6.07) is 5.03. The molecule has 0 radical (unpaired) electrons. The highest BCUT2D eigenvalue weighted by Gasteiger charge is 2.34. The highest BCUT2D eigenvalue weighted by molar-refractivity contribution is 5.96. The molecule has 5 nitrogen and oxygen atoms in total. The zero-order valence-corrected chi connectivity index (χ0v) is 13.1. The van der Waals surface area contributed by atoms with Gasteiger partial charge in [0.1, 0.15) is 6.07 Å². The van der Waals surface area contributed by atoms with E-state index in [9.17, 15) is 18.8 Å². The zero-order valence-electron chi connectivity index (χ0n) is 13.1. The molecule has 2 aromatic rings. The number of carbonyl (C=O) groups is 1. The lowest BCUT2D eigenvalue weighted by Gasteiger charge is -2.28. The average Bonchev–Trinajstić information content (AvgIpc) is 3.00. The van der Waals surface area contributed by atoms with E-state index in [1.54, 1.807) is 6.20 Å². The molecule has 122 valence electrons. The van der Waals surface area contributed by atoms with E-state index >= 15 is 0 Å². The van der Waals surface area contributed by atoms with E-state index in [0.29, 0.717) is 5.69 Å². The van der Waals surface area contributed by atoms with E-state index in [4.69, 9.17) is 0 Å². The van der Waals surface area contributed by atoms with Crippen molar-refractivity contribution in [3.8, 4) is 6.07 Å². The zero-order chi connectivity index (χ0) is 17.5. The number of hydrogen-bond acceptors (Lipinski definition) is 3. The highest BCUT2D eigenvalue weighted by Crippen LogP contribution is 2.33. The third-order valence-electron chi connectivity index (χ3n) is 4.04. The van der Waals surface area contributed by atoms with Gasteiger partial charge in [-0.2, -0.15) is 10.4 Å². The van der Waals surface area contributed by atoms with Crippen molar-refractivity contribution in [3.63, 3.8) is 0 Å². The molecule has 0 unspecified atom stereocenters. The molecule has 0 atom stereocenters. The van der Waals surface area contributed by atoms with Gasteiger partial charge in [0, 0.05) is 29.3 Å². The van der Waals surface area contributed by atoms with Crippen LogP contribution < -0.4 is 0 Å². The number of benzene rings is 1. The second kappa shape index (κ2) is 5.57. The predicted molar refractivity (Wildman–Crippen MR) is 82.6 cm³/mol. The molecule has 1 aromatic carbocycles. The van der Waals surface area contributed by atoms with Crippen LogP contribution in [-0.2, 0) is 5.41 Å².